The minimum Gasteiger partial charge on any atom is -0.493 e. The van der Waals surface area contributed by atoms with Gasteiger partial charge in [0, 0.05) is 37.6 Å². The van der Waals surface area contributed by atoms with E-state index in [0.29, 0.717) is 32.5 Å². The van der Waals surface area contributed by atoms with E-state index in [1.54, 1.807) is 0 Å². The van der Waals surface area contributed by atoms with Crippen molar-refractivity contribution in [3.63, 3.8) is 0 Å². The van der Waals surface area contributed by atoms with Gasteiger partial charge in [0.25, 0.3) is 0 Å². The van der Waals surface area contributed by atoms with Crippen molar-refractivity contribution in [3.8, 4) is 0 Å². The predicted octanol–water partition coefficient (Wildman–Crippen LogP) is 7.98. The third-order valence-electron chi connectivity index (χ3n) is 7.78. The molecule has 0 spiro atoms. The summed E-state index contributed by atoms with van der Waals surface area (Å²) >= 11 is 0. The third-order valence-corrected chi connectivity index (χ3v) is 15.6. The van der Waals surface area contributed by atoms with Crippen LogP contribution < -0.4 is 26.5 Å². The summed E-state index contributed by atoms with van der Waals surface area (Å²) in [6.45, 7) is 8.14. The Bertz CT molecular complexity index is 1570. The van der Waals surface area contributed by atoms with Gasteiger partial charge in [-0.25, -0.2) is 0 Å². The Balaban J connectivity index is 1.56. The van der Waals surface area contributed by atoms with Crippen molar-refractivity contribution in [1.29, 1.82) is 0 Å². The molecule has 0 amide bonds. The van der Waals surface area contributed by atoms with Crippen LogP contribution in [0.15, 0.2) is 152 Å². The molecule has 0 fully saturated rings. The number of allylic oxidation sites excluding steroid dienone is 1. The molecular weight excluding hydrogens is 646 g/mol. The van der Waals surface area contributed by atoms with E-state index in [1.807, 2.05) is 20.8 Å². The summed E-state index contributed by atoms with van der Waals surface area (Å²) in [6, 6.07) is 52.5. The van der Waals surface area contributed by atoms with Gasteiger partial charge in [-0.1, -0.05) is 146 Å². The number of hydrogen-bond donors (Lipinski definition) is 0. The average Bonchev–Trinajstić information content (AvgIpc) is 3.14. The molecular formula is C41H46O4P2Si. The highest BCUT2D eigenvalue weighted by molar-refractivity contribution is 7.80. The molecule has 5 aromatic rings. The maximum absolute atomic E-state index is 6.94. The van der Waals surface area contributed by atoms with Crippen molar-refractivity contribution in [2.75, 3.05) is 32.6 Å². The molecule has 5 aromatic carbocycles. The van der Waals surface area contributed by atoms with Crippen molar-refractivity contribution in [2.24, 2.45) is 0 Å². The Morgan fingerprint density at radius 3 is 1.42 bits per heavy atom. The zero-order chi connectivity index (χ0) is 33.4. The molecule has 48 heavy (non-hydrogen) atoms. The van der Waals surface area contributed by atoms with E-state index in [2.05, 4.69) is 152 Å². The molecule has 0 aliphatic carbocycles. The molecule has 7 heteroatoms. The topological polar surface area (TPSA) is 36.9 Å². The molecule has 0 radical (unpaired) electrons. The highest BCUT2D eigenvalue weighted by atomic mass is 31.1. The standard InChI is InChI=1S/C41H46O4P2Si/c1-4-43-48(44-5-2,45-6-3)34-31-40(42-32-33-46(35-21-11-7-12-22-35)36-23-13-8-14-24-36)39-29-19-20-30-41(39)47(37-25-15-9-16-26-37)38-27-17-10-18-28-38/h7-31H,4-6,32-34H2,1-3H3/b40-31+. The van der Waals surface area contributed by atoms with Gasteiger partial charge in [-0.15, -0.1) is 0 Å². The van der Waals surface area contributed by atoms with E-state index in [0.717, 1.165) is 17.5 Å². The Kier molecular flexibility index (Phi) is 14.2. The molecule has 4 nitrogen and oxygen atoms in total. The predicted molar refractivity (Wildman–Crippen MR) is 208 cm³/mol. The lowest BCUT2D eigenvalue weighted by atomic mass is 10.2. The Hall–Kier alpha value is -3.40. The normalized spacial score (nSPS) is 12.1. The highest BCUT2D eigenvalue weighted by Crippen LogP contribution is 2.37. The van der Waals surface area contributed by atoms with Crippen molar-refractivity contribution in [3.05, 3.63) is 157 Å². The monoisotopic (exact) mass is 692 g/mol. The summed E-state index contributed by atoms with van der Waals surface area (Å²) in [5, 5.41) is 6.54. The largest absolute Gasteiger partial charge is 0.505 e. The fourth-order valence-electron chi connectivity index (χ4n) is 5.75. The number of hydrogen-bond acceptors (Lipinski definition) is 4. The Morgan fingerprint density at radius 1 is 0.542 bits per heavy atom. The van der Waals surface area contributed by atoms with Gasteiger partial charge in [0.05, 0.1) is 6.61 Å². The van der Waals surface area contributed by atoms with Crippen LogP contribution in [0.2, 0.25) is 6.04 Å². The lowest BCUT2D eigenvalue weighted by molar-refractivity contribution is 0.0741. The van der Waals surface area contributed by atoms with E-state index in [9.17, 15) is 0 Å². The third kappa shape index (κ3) is 9.61. The summed E-state index contributed by atoms with van der Waals surface area (Å²) in [7, 11) is -4.44. The van der Waals surface area contributed by atoms with Crippen LogP contribution >= 0.6 is 15.8 Å². The molecule has 0 aromatic heterocycles. The zero-order valence-electron chi connectivity index (χ0n) is 28.2. The van der Waals surface area contributed by atoms with Gasteiger partial charge >= 0.3 is 8.80 Å². The minimum atomic E-state index is -2.98. The summed E-state index contributed by atoms with van der Waals surface area (Å²) in [5.41, 5.74) is 1.09. The maximum atomic E-state index is 6.94. The van der Waals surface area contributed by atoms with Crippen LogP contribution in [0.1, 0.15) is 26.3 Å². The first-order valence-electron chi connectivity index (χ1n) is 16.8. The summed E-state index contributed by atoms with van der Waals surface area (Å²) < 4.78 is 25.8. The van der Waals surface area contributed by atoms with Crippen molar-refractivity contribution in [2.45, 2.75) is 26.8 Å². The molecule has 0 aliphatic heterocycles. The molecule has 0 aliphatic rings. The number of benzene rings is 5. The van der Waals surface area contributed by atoms with Crippen LogP contribution in [0.5, 0.6) is 0 Å². The van der Waals surface area contributed by atoms with Gasteiger partial charge in [0.1, 0.15) is 5.76 Å². The molecule has 248 valence electrons. The molecule has 5 rings (SSSR count). The second-order valence-electron chi connectivity index (χ2n) is 10.9. The summed E-state index contributed by atoms with van der Waals surface area (Å²) in [6.07, 6.45) is 3.06. The quantitative estimate of drug-likeness (QED) is 0.0531. The van der Waals surface area contributed by atoms with E-state index in [4.69, 9.17) is 18.0 Å². The molecule has 0 bridgehead atoms. The first kappa shape index (κ1) is 35.9. The van der Waals surface area contributed by atoms with Crippen LogP contribution in [0, 0.1) is 0 Å². The van der Waals surface area contributed by atoms with Gasteiger partial charge < -0.3 is 18.0 Å². The van der Waals surface area contributed by atoms with E-state index >= 15 is 0 Å². The van der Waals surface area contributed by atoms with Crippen molar-refractivity contribution in [1.82, 2.24) is 0 Å². The summed E-state index contributed by atoms with van der Waals surface area (Å²) in [5.74, 6) is 0.844. The van der Waals surface area contributed by atoms with E-state index in [-0.39, 0.29) is 0 Å². The SMILES string of the molecule is CCO[Si](C/C=C(/OCCP(c1ccccc1)c1ccccc1)c1ccccc1P(c1ccccc1)c1ccccc1)(OCC)OCC. The molecule has 0 unspecified atom stereocenters. The first-order valence-corrected chi connectivity index (χ1v) is 21.6. The second-order valence-corrected chi connectivity index (χ2v) is 18.1. The Morgan fingerprint density at radius 2 is 0.958 bits per heavy atom. The second kappa shape index (κ2) is 19.0. The van der Waals surface area contributed by atoms with Crippen molar-refractivity contribution < 1.29 is 18.0 Å². The van der Waals surface area contributed by atoms with Crippen LogP contribution in [0.25, 0.3) is 5.76 Å². The molecule has 0 N–H and O–H groups in total. The van der Waals surface area contributed by atoms with Gasteiger partial charge in [-0.3, -0.25) is 0 Å². The van der Waals surface area contributed by atoms with Crippen LogP contribution in [-0.4, -0.2) is 41.4 Å². The first-order chi connectivity index (χ1) is 23.7. The van der Waals surface area contributed by atoms with Crippen LogP contribution in [0.3, 0.4) is 0 Å². The lowest BCUT2D eigenvalue weighted by Crippen LogP contribution is -2.45. The van der Waals surface area contributed by atoms with Gasteiger partial charge in [-0.2, -0.15) is 0 Å². The van der Waals surface area contributed by atoms with Gasteiger partial charge in [-0.05, 0) is 69.2 Å². The van der Waals surface area contributed by atoms with Gasteiger partial charge in [0.2, 0.25) is 0 Å². The smallest absolute Gasteiger partial charge is 0.493 e. The van der Waals surface area contributed by atoms with Gasteiger partial charge in [0.15, 0.2) is 0 Å². The average molecular weight is 693 g/mol. The molecule has 0 heterocycles. The lowest BCUT2D eigenvalue weighted by Gasteiger charge is -2.28. The molecule has 0 atom stereocenters. The molecule has 0 saturated heterocycles. The molecule has 0 saturated carbocycles. The van der Waals surface area contributed by atoms with Crippen LogP contribution in [-0.2, 0) is 18.0 Å². The maximum Gasteiger partial charge on any atom is 0.505 e. The highest BCUT2D eigenvalue weighted by Gasteiger charge is 2.39. The fourth-order valence-corrected chi connectivity index (χ4v) is 12.7. The van der Waals surface area contributed by atoms with E-state index in [1.165, 1.54) is 26.5 Å². The van der Waals surface area contributed by atoms with Crippen molar-refractivity contribution >= 4 is 56.9 Å². The van der Waals surface area contributed by atoms with E-state index < -0.39 is 24.6 Å². The zero-order valence-corrected chi connectivity index (χ0v) is 31.0. The fraction of sp³-hybridized carbons (Fsp3) is 0.220. The van der Waals surface area contributed by atoms with Crippen LogP contribution in [0.4, 0.5) is 0 Å². The minimum absolute atomic E-state index is 0.521. The Labute approximate surface area is 290 Å². The number of rotatable bonds is 18. The number of ether oxygens (including phenoxy) is 1. The summed E-state index contributed by atoms with van der Waals surface area (Å²) in [4.78, 5) is 0.